The number of benzene rings is 2. The number of carbonyl (C=O) groups excluding carboxylic acids is 2. The van der Waals surface area contributed by atoms with Gasteiger partial charge in [0.25, 0.3) is 5.91 Å². The maximum absolute atomic E-state index is 13.9. The molecule has 0 aliphatic carbocycles. The average Bonchev–Trinajstić information content (AvgIpc) is 3.30. The van der Waals surface area contributed by atoms with E-state index in [-0.39, 0.29) is 17.2 Å². The molecular formula is C22H23FN2O4. The van der Waals surface area contributed by atoms with Crippen LogP contribution in [0.1, 0.15) is 45.2 Å². The van der Waals surface area contributed by atoms with Crippen LogP contribution in [0.2, 0.25) is 0 Å². The minimum atomic E-state index is -0.986. The van der Waals surface area contributed by atoms with E-state index in [9.17, 15) is 19.1 Å². The van der Waals surface area contributed by atoms with Gasteiger partial charge in [0.05, 0.1) is 18.7 Å². The van der Waals surface area contributed by atoms with E-state index in [0.29, 0.717) is 26.0 Å². The molecule has 7 heteroatoms. The summed E-state index contributed by atoms with van der Waals surface area (Å²) in [5, 5.41) is 9.55. The summed E-state index contributed by atoms with van der Waals surface area (Å²) in [5.41, 5.74) is 1.97. The first-order valence-corrected chi connectivity index (χ1v) is 9.80. The summed E-state index contributed by atoms with van der Waals surface area (Å²) in [6.07, 6.45) is 2.50. The second-order valence-electron chi connectivity index (χ2n) is 7.41. The fourth-order valence-electron chi connectivity index (χ4n) is 3.93. The van der Waals surface area contributed by atoms with Crippen molar-refractivity contribution in [3.8, 4) is 5.75 Å². The minimum absolute atomic E-state index is 0.0347. The summed E-state index contributed by atoms with van der Waals surface area (Å²) in [5.74, 6) is -2.12. The third kappa shape index (κ3) is 3.96. The van der Waals surface area contributed by atoms with Crippen LogP contribution in [-0.2, 0) is 4.74 Å². The van der Waals surface area contributed by atoms with E-state index < -0.39 is 17.5 Å². The van der Waals surface area contributed by atoms with Crippen molar-refractivity contribution in [2.24, 2.45) is 0 Å². The molecule has 4 rings (SSSR count). The number of ether oxygens (including phenoxy) is 1. The molecule has 2 fully saturated rings. The van der Waals surface area contributed by atoms with E-state index in [2.05, 4.69) is 17.0 Å². The number of morpholine rings is 1. The van der Waals surface area contributed by atoms with E-state index in [0.717, 1.165) is 24.7 Å². The molecule has 2 saturated heterocycles. The Balaban J connectivity index is 1.48. The summed E-state index contributed by atoms with van der Waals surface area (Å²) < 4.78 is 19.7. The maximum Gasteiger partial charge on any atom is 0.254 e. The maximum atomic E-state index is 13.9. The lowest BCUT2D eigenvalue weighted by molar-refractivity contribution is -0.0228. The van der Waals surface area contributed by atoms with Crippen molar-refractivity contribution in [1.82, 2.24) is 4.90 Å². The fourth-order valence-corrected chi connectivity index (χ4v) is 3.93. The van der Waals surface area contributed by atoms with Gasteiger partial charge in [-0.05, 0) is 42.7 Å². The third-order valence-electron chi connectivity index (χ3n) is 5.56. The highest BCUT2D eigenvalue weighted by Crippen LogP contribution is 2.28. The second kappa shape index (κ2) is 8.21. The van der Waals surface area contributed by atoms with Crippen molar-refractivity contribution in [2.75, 3.05) is 37.7 Å². The van der Waals surface area contributed by atoms with Crippen molar-refractivity contribution >= 4 is 17.9 Å². The molecule has 0 spiro atoms. The van der Waals surface area contributed by atoms with Gasteiger partial charge in [-0.15, -0.1) is 0 Å². The number of phenols is 1. The van der Waals surface area contributed by atoms with Gasteiger partial charge < -0.3 is 19.6 Å². The first-order chi connectivity index (χ1) is 14.1. The second-order valence-corrected chi connectivity index (χ2v) is 7.41. The van der Waals surface area contributed by atoms with Crippen LogP contribution in [0.5, 0.6) is 5.75 Å². The zero-order chi connectivity index (χ0) is 20.4. The number of anilines is 1. The van der Waals surface area contributed by atoms with Crippen LogP contribution < -0.4 is 4.90 Å². The highest BCUT2D eigenvalue weighted by atomic mass is 19.1. The van der Waals surface area contributed by atoms with E-state index >= 15 is 0 Å². The van der Waals surface area contributed by atoms with E-state index in [1.165, 1.54) is 24.6 Å². The smallest absolute Gasteiger partial charge is 0.254 e. The van der Waals surface area contributed by atoms with E-state index in [1.54, 1.807) is 4.90 Å². The quantitative estimate of drug-likeness (QED) is 0.802. The predicted octanol–water partition coefficient (Wildman–Crippen LogP) is 3.16. The summed E-state index contributed by atoms with van der Waals surface area (Å²) in [6, 6.07) is 10.4. The van der Waals surface area contributed by atoms with Crippen molar-refractivity contribution in [3.63, 3.8) is 0 Å². The molecule has 2 aromatic carbocycles. The lowest BCUT2D eigenvalue weighted by atomic mass is 10.0. The zero-order valence-electron chi connectivity index (χ0n) is 16.0. The van der Waals surface area contributed by atoms with Crippen LogP contribution in [-0.4, -0.2) is 55.0 Å². The molecule has 0 bridgehead atoms. The number of phenolic OH excluding ortho intramolecular Hbond substituents is 1. The van der Waals surface area contributed by atoms with Crippen LogP contribution in [0.15, 0.2) is 36.4 Å². The number of aromatic hydroxyl groups is 1. The molecule has 0 aromatic heterocycles. The molecular weight excluding hydrogens is 375 g/mol. The lowest BCUT2D eigenvalue weighted by Crippen LogP contribution is -2.42. The Kier molecular flexibility index (Phi) is 5.49. The SMILES string of the molecule is O=Cc1cc(C(=O)N2CCO[C@H](c3ccc(N4CCCC4)cc3)C2)cc(F)c1O. The van der Waals surface area contributed by atoms with Crippen molar-refractivity contribution in [2.45, 2.75) is 18.9 Å². The molecule has 2 aliphatic heterocycles. The number of aldehydes is 1. The Morgan fingerprint density at radius 1 is 1.14 bits per heavy atom. The Morgan fingerprint density at radius 3 is 2.55 bits per heavy atom. The molecule has 2 aromatic rings. The van der Waals surface area contributed by atoms with Gasteiger partial charge >= 0.3 is 0 Å². The first-order valence-electron chi connectivity index (χ1n) is 9.80. The van der Waals surface area contributed by atoms with Crippen LogP contribution in [0.25, 0.3) is 0 Å². The summed E-state index contributed by atoms with van der Waals surface area (Å²) >= 11 is 0. The topological polar surface area (TPSA) is 70.1 Å². The Morgan fingerprint density at radius 2 is 1.86 bits per heavy atom. The van der Waals surface area contributed by atoms with Gasteiger partial charge in [-0.1, -0.05) is 12.1 Å². The molecule has 0 saturated carbocycles. The number of carbonyl (C=O) groups is 2. The number of halogens is 1. The zero-order valence-corrected chi connectivity index (χ0v) is 16.0. The molecule has 0 radical (unpaired) electrons. The Hall–Kier alpha value is -2.93. The number of hydrogen-bond acceptors (Lipinski definition) is 5. The van der Waals surface area contributed by atoms with E-state index in [1.807, 2.05) is 12.1 Å². The van der Waals surface area contributed by atoms with Crippen LogP contribution >= 0.6 is 0 Å². The lowest BCUT2D eigenvalue weighted by Gasteiger charge is -2.33. The number of hydrogen-bond donors (Lipinski definition) is 1. The molecule has 1 N–H and O–H groups in total. The number of rotatable bonds is 4. The van der Waals surface area contributed by atoms with Gasteiger partial charge in [0.1, 0.15) is 6.10 Å². The highest BCUT2D eigenvalue weighted by molar-refractivity contribution is 5.96. The summed E-state index contributed by atoms with van der Waals surface area (Å²) in [7, 11) is 0. The highest BCUT2D eigenvalue weighted by Gasteiger charge is 2.27. The molecule has 29 heavy (non-hydrogen) atoms. The van der Waals surface area contributed by atoms with Gasteiger partial charge in [-0.2, -0.15) is 0 Å². The fraction of sp³-hybridized carbons (Fsp3) is 0.364. The van der Waals surface area contributed by atoms with Gasteiger partial charge in [-0.25, -0.2) is 4.39 Å². The monoisotopic (exact) mass is 398 g/mol. The minimum Gasteiger partial charge on any atom is -0.504 e. The molecule has 0 unspecified atom stereocenters. The van der Waals surface area contributed by atoms with Crippen molar-refractivity contribution in [3.05, 3.63) is 58.9 Å². The molecule has 6 nitrogen and oxygen atoms in total. The molecule has 2 aliphatic rings. The Bertz CT molecular complexity index is 910. The predicted molar refractivity (Wildman–Crippen MR) is 106 cm³/mol. The van der Waals surface area contributed by atoms with Crippen molar-refractivity contribution in [1.29, 1.82) is 0 Å². The van der Waals surface area contributed by atoms with Crippen molar-refractivity contribution < 1.29 is 23.8 Å². The number of nitrogens with zero attached hydrogens (tertiary/aromatic N) is 2. The molecule has 1 atom stereocenters. The van der Waals surface area contributed by atoms with Gasteiger partial charge in [0.15, 0.2) is 17.9 Å². The Labute approximate surface area is 168 Å². The summed E-state index contributed by atoms with van der Waals surface area (Å²) in [4.78, 5) is 27.8. The molecule has 1 amide bonds. The summed E-state index contributed by atoms with van der Waals surface area (Å²) in [6.45, 7) is 3.23. The normalized spacial score (nSPS) is 19.4. The third-order valence-corrected chi connectivity index (χ3v) is 5.56. The van der Waals surface area contributed by atoms with Gasteiger partial charge in [0, 0.05) is 30.9 Å². The van der Waals surface area contributed by atoms with Crippen LogP contribution in [0.3, 0.4) is 0 Å². The number of amides is 1. The van der Waals surface area contributed by atoms with Crippen LogP contribution in [0.4, 0.5) is 10.1 Å². The molecule has 2 heterocycles. The largest absolute Gasteiger partial charge is 0.504 e. The molecule has 152 valence electrons. The van der Waals surface area contributed by atoms with Gasteiger partial charge in [0.2, 0.25) is 0 Å². The first kappa shape index (κ1) is 19.4. The average molecular weight is 398 g/mol. The van der Waals surface area contributed by atoms with Gasteiger partial charge in [-0.3, -0.25) is 9.59 Å². The van der Waals surface area contributed by atoms with Crippen LogP contribution in [0, 0.1) is 5.82 Å². The standard InChI is InChI=1S/C22H23FN2O4/c23-19-12-16(11-17(14-26)21(19)27)22(28)25-9-10-29-20(13-25)15-3-5-18(6-4-15)24-7-1-2-8-24/h3-6,11-12,14,20,27H,1-2,7-10,13H2/t20-/m0/s1. The van der Waals surface area contributed by atoms with E-state index in [4.69, 9.17) is 4.74 Å².